The average Bonchev–Trinajstić information content (AvgIpc) is 2.69. The van der Waals surface area contributed by atoms with E-state index in [2.05, 4.69) is 24.3 Å². The number of quaternary nitrogens is 1. The third kappa shape index (κ3) is 3.18. The Hall–Kier alpha value is -1.39. The third-order valence-corrected chi connectivity index (χ3v) is 6.64. The second-order valence-electron chi connectivity index (χ2n) is 7.86. The molecule has 4 heteroatoms. The van der Waals surface area contributed by atoms with Crippen LogP contribution in [0.3, 0.4) is 0 Å². The molecule has 3 saturated heterocycles. The molecule has 2 bridgehead atoms. The summed E-state index contributed by atoms with van der Waals surface area (Å²) in [5.74, 6) is 0.732. The number of nitrogens with zero attached hydrogens (tertiary/aromatic N) is 1. The summed E-state index contributed by atoms with van der Waals surface area (Å²) in [5.41, 5.74) is 1.01. The lowest BCUT2D eigenvalue weighted by Crippen LogP contribution is -3.00. The quantitative estimate of drug-likeness (QED) is 0.711. The molecule has 2 aromatic carbocycles. The molecule has 2 N–H and O–H groups in total. The maximum Gasteiger partial charge on any atom is 0.123 e. The number of halogens is 1. The monoisotopic (exact) mass is 373 g/mol. The van der Waals surface area contributed by atoms with Crippen LogP contribution in [-0.2, 0) is 5.60 Å². The van der Waals surface area contributed by atoms with E-state index >= 15 is 0 Å². The predicted octanol–water partition coefficient (Wildman–Crippen LogP) is -0.225. The summed E-state index contributed by atoms with van der Waals surface area (Å²) < 4.78 is 0.958. The van der Waals surface area contributed by atoms with E-state index in [1.165, 1.54) is 0 Å². The lowest BCUT2D eigenvalue weighted by atomic mass is 9.64. The zero-order chi connectivity index (χ0) is 17.3. The molecule has 3 aliphatic rings. The Balaban J connectivity index is 0.00000196. The second-order valence-corrected chi connectivity index (χ2v) is 7.86. The molecule has 0 amide bonds. The van der Waals surface area contributed by atoms with Gasteiger partial charge in [-0.15, -0.1) is 0 Å². The number of hydrogen-bond acceptors (Lipinski definition) is 2. The molecule has 3 nitrogen and oxygen atoms in total. The van der Waals surface area contributed by atoms with E-state index in [-0.39, 0.29) is 24.9 Å². The number of rotatable bonds is 5. The minimum atomic E-state index is -0.965. The molecule has 26 heavy (non-hydrogen) atoms. The molecule has 5 rings (SSSR count). The summed E-state index contributed by atoms with van der Waals surface area (Å²) in [6.45, 7) is 4.27. The van der Waals surface area contributed by atoms with E-state index in [0.717, 1.165) is 54.6 Å². The normalized spacial score (nSPS) is 27.8. The average molecular weight is 374 g/mol. The lowest BCUT2D eigenvalue weighted by Gasteiger charge is -2.56. The minimum absolute atomic E-state index is 0. The third-order valence-electron chi connectivity index (χ3n) is 6.64. The van der Waals surface area contributed by atoms with Crippen molar-refractivity contribution in [3.8, 4) is 0 Å². The van der Waals surface area contributed by atoms with Crippen LogP contribution in [0.4, 0.5) is 0 Å². The molecule has 140 valence electrons. The zero-order valence-electron chi connectivity index (χ0n) is 15.1. The van der Waals surface area contributed by atoms with Crippen LogP contribution in [-0.4, -0.2) is 47.5 Å². The van der Waals surface area contributed by atoms with E-state index in [1.54, 1.807) is 0 Å². The largest absolute Gasteiger partial charge is 1.00 e. The van der Waals surface area contributed by atoms with E-state index in [9.17, 15) is 10.2 Å². The molecule has 2 aromatic rings. The molecule has 1 unspecified atom stereocenters. The number of fused-ring (bicyclic) bond motifs is 3. The van der Waals surface area contributed by atoms with Gasteiger partial charge in [0, 0.05) is 18.8 Å². The van der Waals surface area contributed by atoms with Crippen molar-refractivity contribution in [2.45, 2.75) is 18.4 Å². The molecule has 3 fully saturated rings. The second kappa shape index (κ2) is 7.69. The van der Waals surface area contributed by atoms with Gasteiger partial charge in [-0.1, -0.05) is 60.7 Å². The molecular weight excluding hydrogens is 346 g/mol. The van der Waals surface area contributed by atoms with Crippen LogP contribution in [0.2, 0.25) is 0 Å². The summed E-state index contributed by atoms with van der Waals surface area (Å²) in [6, 6.07) is 20.3. The van der Waals surface area contributed by atoms with E-state index < -0.39 is 5.60 Å². The van der Waals surface area contributed by atoms with E-state index in [0.29, 0.717) is 5.92 Å². The first kappa shape index (κ1) is 19.4. The highest BCUT2D eigenvalue weighted by atomic mass is 35.5. The van der Waals surface area contributed by atoms with Gasteiger partial charge < -0.3 is 27.1 Å². The van der Waals surface area contributed by atoms with Gasteiger partial charge in [0.25, 0.3) is 0 Å². The number of hydrogen-bond donors (Lipinski definition) is 2. The molecule has 0 spiro atoms. The summed E-state index contributed by atoms with van der Waals surface area (Å²) in [5, 5.41) is 21.7. The molecule has 3 heterocycles. The van der Waals surface area contributed by atoms with Crippen molar-refractivity contribution in [3.63, 3.8) is 0 Å². The fourth-order valence-electron chi connectivity index (χ4n) is 5.27. The molecule has 3 aliphatic heterocycles. The van der Waals surface area contributed by atoms with Gasteiger partial charge in [0.15, 0.2) is 0 Å². The highest BCUT2D eigenvalue weighted by Crippen LogP contribution is 2.49. The van der Waals surface area contributed by atoms with Crippen LogP contribution in [0.25, 0.3) is 0 Å². The number of piperidine rings is 3. The van der Waals surface area contributed by atoms with Gasteiger partial charge >= 0.3 is 0 Å². The molecule has 0 saturated carbocycles. The van der Waals surface area contributed by atoms with Gasteiger partial charge in [-0.2, -0.15) is 0 Å². The summed E-state index contributed by atoms with van der Waals surface area (Å²) >= 11 is 0. The van der Waals surface area contributed by atoms with Crippen LogP contribution in [0.1, 0.15) is 24.0 Å². The van der Waals surface area contributed by atoms with Gasteiger partial charge in [-0.05, 0) is 17.0 Å². The Bertz CT molecular complexity index is 654. The van der Waals surface area contributed by atoms with Crippen LogP contribution >= 0.6 is 0 Å². The van der Waals surface area contributed by atoms with Crippen molar-refractivity contribution in [3.05, 3.63) is 71.8 Å². The van der Waals surface area contributed by atoms with Crippen molar-refractivity contribution in [1.82, 2.24) is 0 Å². The summed E-state index contributed by atoms with van der Waals surface area (Å²) in [4.78, 5) is 0. The summed E-state index contributed by atoms with van der Waals surface area (Å²) in [6.07, 6.45) is 2.29. The maximum atomic E-state index is 12.1. The number of benzene rings is 2. The van der Waals surface area contributed by atoms with Gasteiger partial charge in [-0.25, -0.2) is 0 Å². The first-order valence-corrected chi connectivity index (χ1v) is 9.47. The molecule has 0 radical (unpaired) electrons. The van der Waals surface area contributed by atoms with Crippen molar-refractivity contribution in [2.75, 3.05) is 32.8 Å². The first-order chi connectivity index (χ1) is 12.2. The minimum Gasteiger partial charge on any atom is -1.00 e. The van der Waals surface area contributed by atoms with Gasteiger partial charge in [0.2, 0.25) is 0 Å². The van der Waals surface area contributed by atoms with Crippen LogP contribution in [0.15, 0.2) is 60.7 Å². The van der Waals surface area contributed by atoms with Crippen LogP contribution in [0, 0.1) is 11.8 Å². The van der Waals surface area contributed by atoms with E-state index in [4.69, 9.17) is 0 Å². The fourth-order valence-corrected chi connectivity index (χ4v) is 5.27. The smallest absolute Gasteiger partial charge is 0.123 e. The zero-order valence-corrected chi connectivity index (χ0v) is 15.9. The van der Waals surface area contributed by atoms with Gasteiger partial charge in [0.05, 0.1) is 26.2 Å². The highest BCUT2D eigenvalue weighted by molar-refractivity contribution is 5.37. The Morgan fingerprint density at radius 3 is 1.85 bits per heavy atom. The predicted molar refractivity (Wildman–Crippen MR) is 98.9 cm³/mol. The first-order valence-electron chi connectivity index (χ1n) is 9.47. The van der Waals surface area contributed by atoms with E-state index in [1.807, 2.05) is 36.4 Å². The van der Waals surface area contributed by atoms with Gasteiger partial charge in [-0.3, -0.25) is 0 Å². The van der Waals surface area contributed by atoms with Gasteiger partial charge in [0.1, 0.15) is 12.1 Å². The van der Waals surface area contributed by atoms with Crippen molar-refractivity contribution in [2.24, 2.45) is 11.8 Å². The molecule has 0 aliphatic carbocycles. The number of aliphatic hydroxyl groups is 2. The molecule has 1 atom stereocenters. The van der Waals surface area contributed by atoms with Crippen molar-refractivity contribution < 1.29 is 27.1 Å². The topological polar surface area (TPSA) is 40.5 Å². The maximum absolute atomic E-state index is 12.1. The Morgan fingerprint density at radius 1 is 0.885 bits per heavy atom. The summed E-state index contributed by atoms with van der Waals surface area (Å²) in [7, 11) is 0. The standard InChI is InChI=1S/C22H28NO2.ClH/c24-16-15-23-13-11-18(12-14-23)21(17-23)22(25,19-7-3-1-4-8-19)20-9-5-2-6-10-20;/h1-10,18,21,24-25H,11-17H2;1H/q+1;/p-1. The van der Waals surface area contributed by atoms with Crippen LogP contribution < -0.4 is 12.4 Å². The number of aliphatic hydroxyl groups excluding tert-OH is 1. The Kier molecular flexibility index (Phi) is 5.73. The lowest BCUT2D eigenvalue weighted by molar-refractivity contribution is -0.948. The van der Waals surface area contributed by atoms with Crippen LogP contribution in [0.5, 0.6) is 0 Å². The Labute approximate surface area is 162 Å². The molecular formula is C22H28ClNO2. The fraction of sp³-hybridized carbons (Fsp3) is 0.455. The highest BCUT2D eigenvalue weighted by Gasteiger charge is 2.54. The molecule has 0 aromatic heterocycles. The Morgan fingerprint density at radius 2 is 1.38 bits per heavy atom. The SMILES string of the molecule is OCC[N+]12CCC(CC1)C(C(O)(c1ccccc1)c1ccccc1)C2.[Cl-]. The van der Waals surface area contributed by atoms with Crippen molar-refractivity contribution >= 4 is 0 Å². The van der Waals surface area contributed by atoms with Crippen molar-refractivity contribution in [1.29, 1.82) is 0 Å².